The van der Waals surface area contributed by atoms with Crippen molar-refractivity contribution in [1.82, 2.24) is 38.7 Å². The van der Waals surface area contributed by atoms with E-state index in [4.69, 9.17) is 4.52 Å². The Kier molecular flexibility index (Phi) is 4.27. The fraction of sp³-hybridized carbons (Fsp3) is 0.316. The van der Waals surface area contributed by atoms with Gasteiger partial charge in [-0.15, -0.1) is 0 Å². The van der Waals surface area contributed by atoms with E-state index >= 15 is 0 Å². The molecule has 158 valence electrons. The van der Waals surface area contributed by atoms with E-state index in [0.29, 0.717) is 24.8 Å². The number of hydrogen-bond donors (Lipinski definition) is 0. The molecule has 5 rings (SSSR count). The summed E-state index contributed by atoms with van der Waals surface area (Å²) < 4.78 is 9.11. The van der Waals surface area contributed by atoms with Crippen LogP contribution in [0, 0.1) is 0 Å². The maximum Gasteiger partial charge on any atom is 0.332 e. The zero-order chi connectivity index (χ0) is 21.7. The first kappa shape index (κ1) is 18.9. The molecule has 0 unspecified atom stereocenters. The normalized spacial score (nSPS) is 14.2. The number of amides is 1. The van der Waals surface area contributed by atoms with Crippen LogP contribution in [0.15, 0.2) is 45.0 Å². The van der Waals surface area contributed by atoms with Crippen molar-refractivity contribution < 1.29 is 9.32 Å². The molecule has 0 aromatic carbocycles. The zero-order valence-corrected chi connectivity index (χ0v) is 16.8. The van der Waals surface area contributed by atoms with Gasteiger partial charge in [-0.1, -0.05) is 5.16 Å². The Morgan fingerprint density at radius 2 is 2.03 bits per heavy atom. The average molecular weight is 422 g/mol. The zero-order valence-electron chi connectivity index (χ0n) is 16.8. The van der Waals surface area contributed by atoms with Gasteiger partial charge in [-0.3, -0.25) is 23.7 Å². The summed E-state index contributed by atoms with van der Waals surface area (Å²) in [6.45, 7) is 0.828. The SMILES string of the molecule is Cn1c(=O)c2c(ncn2CC(=O)N2CC(c3nc(-c4cccnc4)no3)C2)n(C)c1=O. The van der Waals surface area contributed by atoms with Crippen LogP contribution in [-0.4, -0.2) is 57.7 Å². The van der Waals surface area contributed by atoms with Crippen molar-refractivity contribution in [1.29, 1.82) is 0 Å². The third kappa shape index (κ3) is 3.03. The van der Waals surface area contributed by atoms with Crippen molar-refractivity contribution in [3.8, 4) is 11.4 Å². The lowest BCUT2D eigenvalue weighted by molar-refractivity contribution is -0.136. The first-order valence-corrected chi connectivity index (χ1v) is 9.56. The van der Waals surface area contributed by atoms with Crippen LogP contribution in [-0.2, 0) is 25.4 Å². The van der Waals surface area contributed by atoms with Crippen LogP contribution in [0.2, 0.25) is 0 Å². The van der Waals surface area contributed by atoms with E-state index in [1.807, 2.05) is 6.07 Å². The van der Waals surface area contributed by atoms with Gasteiger partial charge in [0.15, 0.2) is 11.2 Å². The summed E-state index contributed by atoms with van der Waals surface area (Å²) in [5, 5.41) is 3.98. The summed E-state index contributed by atoms with van der Waals surface area (Å²) in [6.07, 6.45) is 4.72. The highest BCUT2D eigenvalue weighted by molar-refractivity contribution is 5.79. The first-order chi connectivity index (χ1) is 14.9. The molecule has 0 atom stereocenters. The molecule has 4 aromatic rings. The van der Waals surface area contributed by atoms with Crippen LogP contribution in [0.3, 0.4) is 0 Å². The second-order valence-corrected chi connectivity index (χ2v) is 7.44. The second kappa shape index (κ2) is 7.00. The summed E-state index contributed by atoms with van der Waals surface area (Å²) in [4.78, 5) is 51.5. The Balaban J connectivity index is 1.29. The maximum absolute atomic E-state index is 12.7. The predicted molar refractivity (Wildman–Crippen MR) is 107 cm³/mol. The van der Waals surface area contributed by atoms with Crippen LogP contribution in [0.4, 0.5) is 0 Å². The molecule has 1 amide bonds. The Morgan fingerprint density at radius 3 is 2.77 bits per heavy atom. The Morgan fingerprint density at radius 1 is 1.23 bits per heavy atom. The summed E-state index contributed by atoms with van der Waals surface area (Å²) in [5.74, 6) is 0.715. The fourth-order valence-electron chi connectivity index (χ4n) is 3.61. The van der Waals surface area contributed by atoms with Crippen molar-refractivity contribution in [3.63, 3.8) is 0 Å². The number of fused-ring (bicyclic) bond motifs is 1. The third-order valence-corrected chi connectivity index (χ3v) is 5.47. The van der Waals surface area contributed by atoms with E-state index in [2.05, 4.69) is 20.1 Å². The van der Waals surface area contributed by atoms with Gasteiger partial charge < -0.3 is 14.0 Å². The molecule has 1 aliphatic rings. The monoisotopic (exact) mass is 422 g/mol. The van der Waals surface area contributed by atoms with Gasteiger partial charge >= 0.3 is 5.69 Å². The molecule has 0 spiro atoms. The predicted octanol–water partition coefficient (Wildman–Crippen LogP) is -0.495. The van der Waals surface area contributed by atoms with Gasteiger partial charge in [0.05, 0.1) is 12.2 Å². The van der Waals surface area contributed by atoms with Crippen LogP contribution >= 0.6 is 0 Å². The molecule has 0 aliphatic carbocycles. The molecule has 0 saturated carbocycles. The molecule has 0 bridgehead atoms. The third-order valence-electron chi connectivity index (χ3n) is 5.47. The minimum Gasteiger partial charge on any atom is -0.339 e. The van der Waals surface area contributed by atoms with Gasteiger partial charge in [-0.25, -0.2) is 9.78 Å². The van der Waals surface area contributed by atoms with E-state index in [-0.39, 0.29) is 29.5 Å². The molecule has 0 N–H and O–H groups in total. The molecule has 5 heterocycles. The van der Waals surface area contributed by atoms with E-state index in [9.17, 15) is 14.4 Å². The minimum absolute atomic E-state index is 0.0462. The molecular formula is C19H18N8O4. The van der Waals surface area contributed by atoms with E-state index in [0.717, 1.165) is 10.1 Å². The van der Waals surface area contributed by atoms with Crippen molar-refractivity contribution >= 4 is 17.1 Å². The average Bonchev–Trinajstić information content (AvgIpc) is 3.38. The fourth-order valence-corrected chi connectivity index (χ4v) is 3.61. The lowest BCUT2D eigenvalue weighted by atomic mass is 10.00. The molecule has 1 aliphatic heterocycles. The second-order valence-electron chi connectivity index (χ2n) is 7.44. The quantitative estimate of drug-likeness (QED) is 0.430. The summed E-state index contributed by atoms with van der Waals surface area (Å²) >= 11 is 0. The Hall–Kier alpha value is -4.09. The van der Waals surface area contributed by atoms with Gasteiger partial charge in [0, 0.05) is 45.1 Å². The van der Waals surface area contributed by atoms with Gasteiger partial charge in [0.1, 0.15) is 6.54 Å². The van der Waals surface area contributed by atoms with Crippen molar-refractivity contribution in [2.24, 2.45) is 14.1 Å². The van der Waals surface area contributed by atoms with Crippen molar-refractivity contribution in [3.05, 3.63) is 57.6 Å². The number of rotatable bonds is 4. The van der Waals surface area contributed by atoms with Crippen molar-refractivity contribution in [2.75, 3.05) is 13.1 Å². The summed E-state index contributed by atoms with van der Waals surface area (Å²) in [7, 11) is 2.93. The van der Waals surface area contributed by atoms with Crippen LogP contribution < -0.4 is 11.2 Å². The number of likely N-dealkylation sites (tertiary alicyclic amines) is 1. The number of carbonyl (C=O) groups is 1. The molecule has 1 saturated heterocycles. The first-order valence-electron chi connectivity index (χ1n) is 9.56. The Bertz CT molecular complexity index is 1410. The van der Waals surface area contributed by atoms with Crippen LogP contribution in [0.25, 0.3) is 22.6 Å². The van der Waals surface area contributed by atoms with Gasteiger partial charge in [-0.2, -0.15) is 4.98 Å². The minimum atomic E-state index is -0.487. The van der Waals surface area contributed by atoms with Crippen molar-refractivity contribution in [2.45, 2.75) is 12.5 Å². The molecule has 4 aromatic heterocycles. The molecule has 0 radical (unpaired) electrons. The van der Waals surface area contributed by atoms with Crippen LogP contribution in [0.5, 0.6) is 0 Å². The topological polar surface area (TPSA) is 134 Å². The number of imidazole rings is 1. The van der Waals surface area contributed by atoms with Gasteiger partial charge in [-0.05, 0) is 12.1 Å². The highest BCUT2D eigenvalue weighted by atomic mass is 16.5. The summed E-state index contributed by atoms with van der Waals surface area (Å²) in [5.41, 5.74) is 0.264. The largest absolute Gasteiger partial charge is 0.339 e. The number of pyridine rings is 1. The molecule has 12 heteroatoms. The summed E-state index contributed by atoms with van der Waals surface area (Å²) in [6, 6.07) is 3.63. The Labute approximate surface area is 174 Å². The molecule has 12 nitrogen and oxygen atoms in total. The molecule has 31 heavy (non-hydrogen) atoms. The highest BCUT2D eigenvalue weighted by Gasteiger charge is 2.36. The number of carbonyl (C=O) groups excluding carboxylic acids is 1. The van der Waals surface area contributed by atoms with Gasteiger partial charge in [0.25, 0.3) is 5.56 Å². The lowest BCUT2D eigenvalue weighted by Crippen LogP contribution is -2.49. The lowest BCUT2D eigenvalue weighted by Gasteiger charge is -2.37. The maximum atomic E-state index is 12.7. The highest BCUT2D eigenvalue weighted by Crippen LogP contribution is 2.27. The number of aryl methyl sites for hydroxylation is 1. The number of aromatic nitrogens is 7. The smallest absolute Gasteiger partial charge is 0.332 e. The standard InChI is InChI=1S/C19H18N8O4/c1-24-16-14(18(29)25(2)19(24)30)27(10-21-16)9-13(28)26-7-12(8-26)17-22-15(23-31-17)11-4-3-5-20-6-11/h3-6,10,12H,7-9H2,1-2H3. The number of nitrogens with zero attached hydrogens (tertiary/aromatic N) is 8. The van der Waals surface area contributed by atoms with Crippen LogP contribution in [0.1, 0.15) is 11.8 Å². The molecule has 1 fully saturated rings. The number of hydrogen-bond acceptors (Lipinski definition) is 8. The molecular weight excluding hydrogens is 404 g/mol. The van der Waals surface area contributed by atoms with E-state index in [1.54, 1.807) is 23.4 Å². The van der Waals surface area contributed by atoms with E-state index < -0.39 is 11.2 Å². The van der Waals surface area contributed by atoms with E-state index in [1.165, 1.54) is 29.6 Å². The van der Waals surface area contributed by atoms with Gasteiger partial charge in [0.2, 0.25) is 17.6 Å².